The maximum absolute atomic E-state index is 12.2. The van der Waals surface area contributed by atoms with Gasteiger partial charge in [-0.2, -0.15) is 5.10 Å². The van der Waals surface area contributed by atoms with Gasteiger partial charge in [-0.1, -0.05) is 23.8 Å². The highest BCUT2D eigenvalue weighted by atomic mass is 16.3. The van der Waals surface area contributed by atoms with E-state index in [0.717, 1.165) is 28.1 Å². The van der Waals surface area contributed by atoms with Crippen LogP contribution < -0.4 is 4.90 Å². The molecule has 5 rings (SSSR count). The number of amides is 1. The Labute approximate surface area is 180 Å². The summed E-state index contributed by atoms with van der Waals surface area (Å²) in [5, 5.41) is 24.7. The van der Waals surface area contributed by atoms with Crippen molar-refractivity contribution in [3.05, 3.63) is 59.9 Å². The van der Waals surface area contributed by atoms with Gasteiger partial charge in [0.15, 0.2) is 0 Å². The van der Waals surface area contributed by atoms with Crippen LogP contribution in [0.3, 0.4) is 0 Å². The minimum atomic E-state index is -0.331. The van der Waals surface area contributed by atoms with Crippen molar-refractivity contribution < 1.29 is 15.0 Å². The van der Waals surface area contributed by atoms with E-state index < -0.39 is 0 Å². The lowest BCUT2D eigenvalue weighted by atomic mass is 9.93. The van der Waals surface area contributed by atoms with Crippen molar-refractivity contribution in [2.45, 2.75) is 18.9 Å². The number of aryl methyl sites for hydroxylation is 1. The largest absolute Gasteiger partial charge is 0.392 e. The van der Waals surface area contributed by atoms with Gasteiger partial charge < -0.3 is 20.0 Å². The number of β-amino-alcohol motifs (C(OH)–C–C–N with tert-alkyl or cyclic N) is 1. The number of fused-ring (bicyclic) bond motifs is 1. The molecule has 2 aliphatic heterocycles. The third-order valence-electron chi connectivity index (χ3n) is 5.99. The Morgan fingerprint density at radius 3 is 2.58 bits per heavy atom. The van der Waals surface area contributed by atoms with Crippen LogP contribution in [0.15, 0.2) is 48.7 Å². The van der Waals surface area contributed by atoms with E-state index in [2.05, 4.69) is 41.1 Å². The Morgan fingerprint density at radius 1 is 1.16 bits per heavy atom. The van der Waals surface area contributed by atoms with Gasteiger partial charge in [-0.05, 0) is 25.1 Å². The molecule has 1 amide bonds. The van der Waals surface area contributed by atoms with E-state index in [-0.39, 0.29) is 24.5 Å². The van der Waals surface area contributed by atoms with Gasteiger partial charge in [0.25, 0.3) is 0 Å². The SMILES string of the molecule is Cc1ccc(-n2nc(C3CN(C(=O)/C=C/CO)C3)c3c(N4CC(O)C4)nccc32)cc1. The van der Waals surface area contributed by atoms with Crippen molar-refractivity contribution >= 4 is 22.6 Å². The fraction of sp³-hybridized carbons (Fsp3) is 0.348. The molecule has 0 bridgehead atoms. The first-order valence-electron chi connectivity index (χ1n) is 10.5. The standard InChI is InChI=1S/C23H25N5O3/c1-15-4-6-17(7-5-15)28-19-8-9-24-23(27-13-18(30)14-27)21(19)22(25-28)16-11-26(12-16)20(31)3-2-10-29/h2-9,16,18,29-30H,10-14H2,1H3/b3-2+. The number of carbonyl (C=O) groups is 1. The lowest BCUT2D eigenvalue weighted by Crippen LogP contribution is -2.51. The zero-order chi connectivity index (χ0) is 21.5. The van der Waals surface area contributed by atoms with Gasteiger partial charge in [0.05, 0.1) is 35.0 Å². The van der Waals surface area contributed by atoms with E-state index in [1.807, 2.05) is 10.7 Å². The molecule has 31 heavy (non-hydrogen) atoms. The van der Waals surface area contributed by atoms with Crippen LogP contribution in [0.1, 0.15) is 17.2 Å². The highest BCUT2D eigenvalue weighted by Gasteiger charge is 2.36. The number of aliphatic hydroxyl groups is 2. The molecular weight excluding hydrogens is 394 g/mol. The van der Waals surface area contributed by atoms with Gasteiger partial charge >= 0.3 is 0 Å². The summed E-state index contributed by atoms with van der Waals surface area (Å²) in [5.41, 5.74) is 4.05. The zero-order valence-corrected chi connectivity index (χ0v) is 17.3. The van der Waals surface area contributed by atoms with Gasteiger partial charge in [0, 0.05) is 44.4 Å². The molecule has 0 spiro atoms. The number of anilines is 1. The van der Waals surface area contributed by atoms with Gasteiger partial charge in [-0.3, -0.25) is 4.79 Å². The second-order valence-corrected chi connectivity index (χ2v) is 8.25. The number of hydrogen-bond donors (Lipinski definition) is 2. The summed E-state index contributed by atoms with van der Waals surface area (Å²) in [6, 6.07) is 10.2. The van der Waals surface area contributed by atoms with Crippen LogP contribution in [0.2, 0.25) is 0 Å². The van der Waals surface area contributed by atoms with Crippen molar-refractivity contribution in [2.75, 3.05) is 37.7 Å². The predicted molar refractivity (Wildman–Crippen MR) is 117 cm³/mol. The molecule has 2 saturated heterocycles. The van der Waals surface area contributed by atoms with Crippen LogP contribution in [-0.4, -0.2) is 74.7 Å². The molecule has 3 aromatic rings. The smallest absolute Gasteiger partial charge is 0.246 e. The van der Waals surface area contributed by atoms with E-state index in [0.29, 0.717) is 26.2 Å². The Morgan fingerprint density at radius 2 is 1.90 bits per heavy atom. The number of nitrogens with zero attached hydrogens (tertiary/aromatic N) is 5. The number of likely N-dealkylation sites (tertiary alicyclic amines) is 1. The number of benzene rings is 1. The molecule has 0 aliphatic carbocycles. The molecule has 2 fully saturated rings. The molecule has 160 valence electrons. The van der Waals surface area contributed by atoms with Crippen molar-refractivity contribution in [1.82, 2.24) is 19.7 Å². The van der Waals surface area contributed by atoms with E-state index in [9.17, 15) is 9.90 Å². The second-order valence-electron chi connectivity index (χ2n) is 8.25. The second kappa shape index (κ2) is 7.79. The monoisotopic (exact) mass is 419 g/mol. The first-order valence-corrected chi connectivity index (χ1v) is 10.5. The molecule has 8 heteroatoms. The molecular formula is C23H25N5O3. The molecule has 0 unspecified atom stereocenters. The quantitative estimate of drug-likeness (QED) is 0.607. The number of rotatable bonds is 5. The Bertz CT molecular complexity index is 1140. The summed E-state index contributed by atoms with van der Waals surface area (Å²) in [6.45, 7) is 4.17. The summed E-state index contributed by atoms with van der Waals surface area (Å²) >= 11 is 0. The fourth-order valence-electron chi connectivity index (χ4n) is 4.20. The Balaban J connectivity index is 1.55. The highest BCUT2D eigenvalue weighted by Crippen LogP contribution is 2.38. The number of aliphatic hydroxyl groups excluding tert-OH is 2. The maximum atomic E-state index is 12.2. The molecule has 0 radical (unpaired) electrons. The van der Waals surface area contributed by atoms with E-state index in [4.69, 9.17) is 10.2 Å². The van der Waals surface area contributed by atoms with Crippen molar-refractivity contribution in [3.63, 3.8) is 0 Å². The van der Waals surface area contributed by atoms with E-state index >= 15 is 0 Å². The highest BCUT2D eigenvalue weighted by molar-refractivity contribution is 5.95. The lowest BCUT2D eigenvalue weighted by Gasteiger charge is -2.39. The summed E-state index contributed by atoms with van der Waals surface area (Å²) in [7, 11) is 0. The minimum Gasteiger partial charge on any atom is -0.392 e. The van der Waals surface area contributed by atoms with Crippen LogP contribution >= 0.6 is 0 Å². The summed E-state index contributed by atoms with van der Waals surface area (Å²) in [5.74, 6) is 0.840. The summed E-state index contributed by atoms with van der Waals surface area (Å²) in [4.78, 5) is 20.6. The van der Waals surface area contributed by atoms with Gasteiger partial charge in [0.1, 0.15) is 5.82 Å². The molecule has 2 N–H and O–H groups in total. The Kier molecular flexibility index (Phi) is 4.95. The molecule has 2 aliphatic rings. The number of hydrogen-bond acceptors (Lipinski definition) is 6. The number of carbonyl (C=O) groups excluding carboxylic acids is 1. The molecule has 2 aromatic heterocycles. The van der Waals surface area contributed by atoms with Gasteiger partial charge in [-0.25, -0.2) is 9.67 Å². The van der Waals surface area contributed by atoms with Crippen LogP contribution in [0, 0.1) is 6.92 Å². The topological polar surface area (TPSA) is 94.7 Å². The molecule has 0 atom stereocenters. The average molecular weight is 419 g/mol. The molecule has 1 aromatic carbocycles. The normalized spacial score (nSPS) is 17.4. The molecule has 4 heterocycles. The lowest BCUT2D eigenvalue weighted by molar-refractivity contribution is -0.130. The average Bonchev–Trinajstić information content (AvgIpc) is 3.09. The van der Waals surface area contributed by atoms with E-state index in [1.54, 1.807) is 11.1 Å². The van der Waals surface area contributed by atoms with Crippen molar-refractivity contribution in [3.8, 4) is 5.69 Å². The minimum absolute atomic E-state index is 0.100. The number of pyridine rings is 1. The van der Waals surface area contributed by atoms with Gasteiger partial charge in [0.2, 0.25) is 5.91 Å². The summed E-state index contributed by atoms with van der Waals surface area (Å²) < 4.78 is 1.95. The third-order valence-corrected chi connectivity index (χ3v) is 5.99. The number of aromatic nitrogens is 3. The first kappa shape index (κ1) is 19.7. The van der Waals surface area contributed by atoms with Crippen LogP contribution in [0.4, 0.5) is 5.82 Å². The molecule has 0 saturated carbocycles. The first-order chi connectivity index (χ1) is 15.0. The Hall–Kier alpha value is -3.23. The molecule has 8 nitrogen and oxygen atoms in total. The van der Waals surface area contributed by atoms with Crippen molar-refractivity contribution in [2.24, 2.45) is 0 Å². The van der Waals surface area contributed by atoms with Crippen LogP contribution in [0.5, 0.6) is 0 Å². The zero-order valence-electron chi connectivity index (χ0n) is 17.3. The van der Waals surface area contributed by atoms with Crippen LogP contribution in [0.25, 0.3) is 16.6 Å². The maximum Gasteiger partial charge on any atom is 0.246 e. The third kappa shape index (κ3) is 3.47. The fourth-order valence-corrected chi connectivity index (χ4v) is 4.20. The van der Waals surface area contributed by atoms with E-state index in [1.165, 1.54) is 17.7 Å². The van der Waals surface area contributed by atoms with Crippen molar-refractivity contribution in [1.29, 1.82) is 0 Å². The van der Waals surface area contributed by atoms with Gasteiger partial charge in [-0.15, -0.1) is 0 Å². The van der Waals surface area contributed by atoms with Crippen LogP contribution in [-0.2, 0) is 4.79 Å². The summed E-state index contributed by atoms with van der Waals surface area (Å²) in [6.07, 6.45) is 4.32. The predicted octanol–water partition coefficient (Wildman–Crippen LogP) is 1.38.